The number of benzene rings is 1. The second-order valence-electron chi connectivity index (χ2n) is 7.76. The number of aryl methyl sites for hydroxylation is 1. The summed E-state index contributed by atoms with van der Waals surface area (Å²) in [5, 5.41) is 10.2. The maximum absolute atomic E-state index is 12.9. The van der Waals surface area contributed by atoms with Crippen molar-refractivity contribution in [1.29, 1.82) is 0 Å². The predicted molar refractivity (Wildman–Crippen MR) is 121 cm³/mol. The summed E-state index contributed by atoms with van der Waals surface area (Å²) in [6.45, 7) is 3.02. The average Bonchev–Trinajstić information content (AvgIpc) is 3.49. The van der Waals surface area contributed by atoms with E-state index in [9.17, 15) is 14.7 Å². The minimum absolute atomic E-state index is 0.0228. The minimum Gasteiger partial charge on any atom is -0.464 e. The Morgan fingerprint density at radius 3 is 2.81 bits per heavy atom. The van der Waals surface area contributed by atoms with Crippen LogP contribution in [-0.2, 0) is 4.74 Å². The third kappa shape index (κ3) is 3.49. The highest BCUT2D eigenvalue weighted by Crippen LogP contribution is 2.36. The van der Waals surface area contributed by atoms with Gasteiger partial charge in [-0.05, 0) is 43.7 Å². The Balaban J connectivity index is 1.45. The number of likely N-dealkylation sites (tertiary alicyclic amines) is 1. The Morgan fingerprint density at radius 2 is 2.06 bits per heavy atom. The number of carboxylic acid groups (broad SMARTS) is 1. The van der Waals surface area contributed by atoms with Gasteiger partial charge < -0.3 is 19.5 Å². The molecule has 1 atom stereocenters. The number of rotatable bonds is 4. The van der Waals surface area contributed by atoms with Gasteiger partial charge in [0.2, 0.25) is 0 Å². The van der Waals surface area contributed by atoms with E-state index in [0.29, 0.717) is 46.2 Å². The highest BCUT2D eigenvalue weighted by atomic mass is 32.1. The van der Waals surface area contributed by atoms with Crippen LogP contribution in [0.15, 0.2) is 42.6 Å². The fraction of sp³-hybridized carbons (Fsp3) is 0.261. The molecule has 1 aromatic carbocycles. The van der Waals surface area contributed by atoms with Gasteiger partial charge in [-0.25, -0.2) is 4.79 Å². The number of fused-ring (bicyclic) bond motifs is 2. The van der Waals surface area contributed by atoms with Gasteiger partial charge in [-0.15, -0.1) is 11.3 Å². The molecule has 1 amide bonds. The maximum Gasteiger partial charge on any atom is 0.416 e. The van der Waals surface area contributed by atoms with Crippen molar-refractivity contribution in [2.24, 2.45) is 0 Å². The first kappa shape index (κ1) is 20.5. The number of carbonyl (C=O) groups excluding carboxylic acids is 1. The van der Waals surface area contributed by atoms with Crippen molar-refractivity contribution in [2.75, 3.05) is 20.2 Å². The number of hydrogen-bond acceptors (Lipinski definition) is 6. The van der Waals surface area contributed by atoms with Crippen molar-refractivity contribution in [3.05, 3.63) is 53.2 Å². The van der Waals surface area contributed by atoms with Gasteiger partial charge in [-0.3, -0.25) is 14.3 Å². The summed E-state index contributed by atoms with van der Waals surface area (Å²) in [6, 6.07) is 10.7. The summed E-state index contributed by atoms with van der Waals surface area (Å²) in [5.41, 5.74) is 1.94. The second-order valence-corrected chi connectivity index (χ2v) is 8.81. The highest BCUT2D eigenvalue weighted by Gasteiger charge is 2.28. The van der Waals surface area contributed by atoms with Crippen LogP contribution in [0.2, 0.25) is 0 Å². The molecule has 164 valence electrons. The number of aromatic nitrogens is 2. The van der Waals surface area contributed by atoms with E-state index in [0.717, 1.165) is 16.5 Å². The van der Waals surface area contributed by atoms with Crippen LogP contribution in [-0.4, -0.2) is 57.9 Å². The van der Waals surface area contributed by atoms with Gasteiger partial charge in [0, 0.05) is 43.5 Å². The fourth-order valence-electron chi connectivity index (χ4n) is 4.14. The molecule has 1 aliphatic heterocycles. The third-order valence-corrected chi connectivity index (χ3v) is 6.86. The molecule has 32 heavy (non-hydrogen) atoms. The van der Waals surface area contributed by atoms with Crippen LogP contribution in [0.4, 0.5) is 4.79 Å². The topological polar surface area (TPSA) is 93.9 Å². The molecule has 0 spiro atoms. The average molecular weight is 452 g/mol. The normalized spacial score (nSPS) is 16.2. The van der Waals surface area contributed by atoms with E-state index >= 15 is 0 Å². The van der Waals surface area contributed by atoms with Gasteiger partial charge in [-0.2, -0.15) is 0 Å². The molecule has 8 nitrogen and oxygen atoms in total. The van der Waals surface area contributed by atoms with Gasteiger partial charge in [-0.1, -0.05) is 0 Å². The van der Waals surface area contributed by atoms with Crippen molar-refractivity contribution < 1.29 is 24.2 Å². The number of ether oxygens (including phenoxy) is 2. The van der Waals surface area contributed by atoms with Crippen LogP contribution >= 0.6 is 11.3 Å². The van der Waals surface area contributed by atoms with E-state index < -0.39 is 6.09 Å². The largest absolute Gasteiger partial charge is 0.464 e. The monoisotopic (exact) mass is 451 g/mol. The Labute approximate surface area is 187 Å². The number of hydrogen-bond donors (Lipinski definition) is 1. The fourth-order valence-corrected chi connectivity index (χ4v) is 5.17. The summed E-state index contributed by atoms with van der Waals surface area (Å²) < 4.78 is 13.5. The van der Waals surface area contributed by atoms with Crippen molar-refractivity contribution in [3.63, 3.8) is 0 Å². The van der Waals surface area contributed by atoms with Gasteiger partial charge in [0.25, 0.3) is 5.91 Å². The summed E-state index contributed by atoms with van der Waals surface area (Å²) in [6.07, 6.45) is 1.55. The zero-order valence-electron chi connectivity index (χ0n) is 17.6. The molecule has 4 heterocycles. The number of amides is 1. The smallest absolute Gasteiger partial charge is 0.416 e. The van der Waals surface area contributed by atoms with Crippen LogP contribution in [0.3, 0.4) is 0 Å². The molecule has 1 N–H and O–H groups in total. The Morgan fingerprint density at radius 1 is 1.22 bits per heavy atom. The van der Waals surface area contributed by atoms with Gasteiger partial charge in [0.1, 0.15) is 11.5 Å². The Bertz CT molecular complexity index is 1360. The molecule has 0 saturated carbocycles. The molecule has 9 heteroatoms. The highest BCUT2D eigenvalue weighted by molar-refractivity contribution is 7.21. The Kier molecular flexibility index (Phi) is 5.07. The standard InChI is InChI=1S/C23H21N3O5S/c1-13-9-14-10-15(3-4-18(14)26(13)23(28)29)31-19-5-7-24-17-11-20(32-21(17)19)22(27)25-8-6-16(12-25)30-2/h3-5,7,9-11,16H,6,8,12H2,1-2H3,(H,28,29). The van der Waals surface area contributed by atoms with Gasteiger partial charge >= 0.3 is 6.09 Å². The summed E-state index contributed by atoms with van der Waals surface area (Å²) >= 11 is 1.36. The van der Waals surface area contributed by atoms with E-state index in [4.69, 9.17) is 9.47 Å². The van der Waals surface area contributed by atoms with E-state index in [1.807, 2.05) is 17.0 Å². The first-order valence-electron chi connectivity index (χ1n) is 10.2. The second kappa shape index (κ2) is 7.92. The Hall–Kier alpha value is -3.43. The molecule has 1 unspecified atom stereocenters. The zero-order chi connectivity index (χ0) is 22.4. The minimum atomic E-state index is -1.02. The van der Waals surface area contributed by atoms with Crippen LogP contribution in [0.5, 0.6) is 11.5 Å². The quantitative estimate of drug-likeness (QED) is 0.482. The maximum atomic E-state index is 12.9. The first-order valence-corrected chi connectivity index (χ1v) is 11.0. The lowest BCUT2D eigenvalue weighted by Gasteiger charge is -2.14. The predicted octanol–water partition coefficient (Wildman–Crippen LogP) is 4.74. The van der Waals surface area contributed by atoms with Crippen molar-refractivity contribution in [3.8, 4) is 11.5 Å². The molecule has 1 fully saturated rings. The molecule has 0 radical (unpaired) electrons. The first-order chi connectivity index (χ1) is 15.4. The van der Waals surface area contributed by atoms with E-state index in [1.54, 1.807) is 44.5 Å². The summed E-state index contributed by atoms with van der Waals surface area (Å²) in [4.78, 5) is 31.3. The number of thiophene rings is 1. The number of pyridine rings is 1. The molecule has 5 rings (SSSR count). The molecular weight excluding hydrogens is 430 g/mol. The molecule has 0 bridgehead atoms. The number of nitrogens with zero attached hydrogens (tertiary/aromatic N) is 3. The summed E-state index contributed by atoms with van der Waals surface area (Å²) in [7, 11) is 1.67. The lowest BCUT2D eigenvalue weighted by molar-refractivity contribution is 0.0728. The van der Waals surface area contributed by atoms with Crippen molar-refractivity contribution in [1.82, 2.24) is 14.5 Å². The van der Waals surface area contributed by atoms with Crippen LogP contribution in [0.25, 0.3) is 21.1 Å². The number of carbonyl (C=O) groups is 2. The van der Waals surface area contributed by atoms with E-state index in [1.165, 1.54) is 15.9 Å². The third-order valence-electron chi connectivity index (χ3n) is 5.73. The molecular formula is C23H21N3O5S. The molecule has 4 aromatic rings. The zero-order valence-corrected chi connectivity index (χ0v) is 18.4. The van der Waals surface area contributed by atoms with E-state index in [-0.39, 0.29) is 12.0 Å². The van der Waals surface area contributed by atoms with E-state index in [2.05, 4.69) is 4.98 Å². The molecule has 3 aromatic heterocycles. The van der Waals surface area contributed by atoms with Crippen molar-refractivity contribution in [2.45, 2.75) is 19.4 Å². The molecule has 1 aliphatic rings. The van der Waals surface area contributed by atoms with Crippen molar-refractivity contribution >= 4 is 44.5 Å². The van der Waals surface area contributed by atoms with Gasteiger partial charge in [0.05, 0.1) is 26.7 Å². The molecule has 1 saturated heterocycles. The van der Waals surface area contributed by atoms with Crippen LogP contribution in [0, 0.1) is 6.92 Å². The summed E-state index contributed by atoms with van der Waals surface area (Å²) in [5.74, 6) is 1.16. The lowest BCUT2D eigenvalue weighted by Crippen LogP contribution is -2.29. The van der Waals surface area contributed by atoms with Crippen LogP contribution < -0.4 is 4.74 Å². The number of methoxy groups -OCH3 is 1. The lowest BCUT2D eigenvalue weighted by atomic mass is 10.2. The van der Waals surface area contributed by atoms with Crippen LogP contribution in [0.1, 0.15) is 21.8 Å². The SMILES string of the molecule is COC1CCN(C(=O)c2cc3nccc(Oc4ccc5c(c4)cc(C)n5C(=O)O)c3s2)C1. The molecule has 0 aliphatic carbocycles. The van der Waals surface area contributed by atoms with Gasteiger partial charge in [0.15, 0.2) is 0 Å².